The number of thioether (sulfide) groups is 1. The van der Waals surface area contributed by atoms with Crippen molar-refractivity contribution in [1.82, 2.24) is 4.98 Å². The Kier molecular flexibility index (Phi) is 2.02. The summed E-state index contributed by atoms with van der Waals surface area (Å²) in [6.07, 6.45) is 3.92. The summed E-state index contributed by atoms with van der Waals surface area (Å²) >= 11 is 3.45. The van der Waals surface area contributed by atoms with Crippen LogP contribution in [0.2, 0.25) is 0 Å². The van der Waals surface area contributed by atoms with E-state index in [0.29, 0.717) is 0 Å². The van der Waals surface area contributed by atoms with E-state index in [1.807, 2.05) is 13.4 Å². The fraction of sp³-hybridized carbons (Fsp3) is 0.250. The monoisotopic (exact) mass is 197 g/mol. The Bertz CT molecular complexity index is 408. The first-order valence-corrected chi connectivity index (χ1v) is 5.69. The molecule has 2 rings (SSSR count). The molecule has 0 radical (unpaired) electrons. The van der Waals surface area contributed by atoms with Gasteiger partial charge in [0.05, 0.1) is 12.4 Å². The van der Waals surface area contributed by atoms with Gasteiger partial charge in [-0.1, -0.05) is 11.8 Å². The van der Waals surface area contributed by atoms with Gasteiger partial charge in [0.1, 0.15) is 0 Å². The molecular formula is C8H9N2S2+. The maximum atomic E-state index is 4.33. The number of thiophene rings is 1. The average molecular weight is 197 g/mol. The quantitative estimate of drug-likeness (QED) is 0.394. The maximum Gasteiger partial charge on any atom is 0.288 e. The summed E-state index contributed by atoms with van der Waals surface area (Å²) in [5.41, 5.74) is 0. The summed E-state index contributed by atoms with van der Waals surface area (Å²) in [6.45, 7) is 0. The van der Waals surface area contributed by atoms with E-state index in [9.17, 15) is 0 Å². The summed E-state index contributed by atoms with van der Waals surface area (Å²) in [5, 5.41) is 4.48. The Morgan fingerprint density at radius 3 is 3.17 bits per heavy atom. The van der Waals surface area contributed by atoms with Crippen LogP contribution in [0.3, 0.4) is 0 Å². The van der Waals surface area contributed by atoms with E-state index < -0.39 is 0 Å². The highest BCUT2D eigenvalue weighted by Gasteiger charge is 2.11. The van der Waals surface area contributed by atoms with Gasteiger partial charge >= 0.3 is 0 Å². The van der Waals surface area contributed by atoms with Gasteiger partial charge in [0, 0.05) is 0 Å². The Morgan fingerprint density at radius 1 is 1.58 bits per heavy atom. The Morgan fingerprint density at radius 2 is 2.42 bits per heavy atom. The first-order valence-electron chi connectivity index (χ1n) is 3.59. The largest absolute Gasteiger partial charge is 0.288 e. The van der Waals surface area contributed by atoms with Crippen molar-refractivity contribution in [2.24, 2.45) is 7.05 Å². The Labute approximate surface area is 79.3 Å². The third-order valence-corrected chi connectivity index (χ3v) is 3.45. The van der Waals surface area contributed by atoms with Crippen molar-refractivity contribution in [3.8, 4) is 0 Å². The van der Waals surface area contributed by atoms with Gasteiger partial charge in [-0.15, -0.1) is 11.3 Å². The van der Waals surface area contributed by atoms with E-state index >= 15 is 0 Å². The summed E-state index contributed by atoms with van der Waals surface area (Å²) in [4.78, 5) is 5.62. The van der Waals surface area contributed by atoms with Gasteiger partial charge in [-0.3, -0.25) is 0 Å². The zero-order valence-corrected chi connectivity index (χ0v) is 8.58. The number of aryl methyl sites for hydroxylation is 1. The summed E-state index contributed by atoms with van der Waals surface area (Å²) in [7, 11) is 2.02. The van der Waals surface area contributed by atoms with Crippen LogP contribution in [0, 0.1) is 0 Å². The van der Waals surface area contributed by atoms with Gasteiger partial charge < -0.3 is 0 Å². The number of nitrogens with zero attached hydrogens (tertiary/aromatic N) is 2. The molecule has 0 aliphatic rings. The van der Waals surface area contributed by atoms with Gasteiger partial charge in [0.15, 0.2) is 4.83 Å². The number of aromatic nitrogens is 2. The zero-order chi connectivity index (χ0) is 8.55. The summed E-state index contributed by atoms with van der Waals surface area (Å²) in [6, 6.07) is 2.12. The van der Waals surface area contributed by atoms with Crippen molar-refractivity contribution in [3.63, 3.8) is 0 Å². The zero-order valence-electron chi connectivity index (χ0n) is 6.94. The van der Waals surface area contributed by atoms with E-state index in [1.54, 1.807) is 23.1 Å². The standard InChI is InChI=1S/C8H9N2S2/c1-10-5-9-7(11-2)6-3-4-12-8(6)10/h3-5H,1-2H3/q+1. The maximum absolute atomic E-state index is 4.33. The molecular weight excluding hydrogens is 188 g/mol. The second-order valence-electron chi connectivity index (χ2n) is 2.50. The third-order valence-electron chi connectivity index (χ3n) is 1.74. The number of hydrogen-bond donors (Lipinski definition) is 0. The van der Waals surface area contributed by atoms with Gasteiger partial charge in [-0.2, -0.15) is 0 Å². The molecule has 0 aliphatic heterocycles. The second-order valence-corrected chi connectivity index (χ2v) is 4.19. The molecule has 0 aliphatic carbocycles. The van der Waals surface area contributed by atoms with Crippen LogP contribution in [0.5, 0.6) is 0 Å². The molecule has 2 aromatic rings. The lowest BCUT2D eigenvalue weighted by Crippen LogP contribution is -2.28. The molecule has 0 unspecified atom stereocenters. The summed E-state index contributed by atoms with van der Waals surface area (Å²) < 4.78 is 2.06. The van der Waals surface area contributed by atoms with Crippen LogP contribution in [0.15, 0.2) is 22.8 Å². The van der Waals surface area contributed by atoms with E-state index in [2.05, 4.69) is 27.3 Å². The molecule has 2 heterocycles. The number of fused-ring (bicyclic) bond motifs is 1. The highest BCUT2D eigenvalue weighted by atomic mass is 32.2. The predicted octanol–water partition coefficient (Wildman–Crippen LogP) is 1.84. The minimum Gasteiger partial charge on any atom is -0.224 e. The molecule has 0 bridgehead atoms. The first-order chi connectivity index (χ1) is 5.83. The first kappa shape index (κ1) is 8.01. The highest BCUT2D eigenvalue weighted by Crippen LogP contribution is 2.24. The molecule has 0 aromatic carbocycles. The normalized spacial score (nSPS) is 10.8. The van der Waals surface area contributed by atoms with Crippen LogP contribution in [0.4, 0.5) is 0 Å². The Hall–Kier alpha value is -0.610. The van der Waals surface area contributed by atoms with Crippen LogP contribution in [-0.2, 0) is 7.05 Å². The molecule has 0 saturated carbocycles. The van der Waals surface area contributed by atoms with Crippen molar-refractivity contribution in [2.45, 2.75) is 5.03 Å². The molecule has 4 heteroatoms. The SMILES string of the molecule is CSc1nc[n+](C)c2sccc12. The van der Waals surface area contributed by atoms with Crippen LogP contribution >= 0.6 is 23.1 Å². The average Bonchev–Trinajstić information content (AvgIpc) is 2.54. The lowest BCUT2D eigenvalue weighted by molar-refractivity contribution is -0.646. The van der Waals surface area contributed by atoms with Crippen LogP contribution in [0.25, 0.3) is 10.2 Å². The fourth-order valence-corrected chi connectivity index (χ4v) is 2.60. The predicted molar refractivity (Wildman–Crippen MR) is 52.6 cm³/mol. The third kappa shape index (κ3) is 1.11. The molecule has 0 amide bonds. The van der Waals surface area contributed by atoms with Gasteiger partial charge in [0.2, 0.25) is 5.03 Å². The van der Waals surface area contributed by atoms with E-state index in [0.717, 1.165) is 5.03 Å². The molecule has 0 N–H and O–H groups in total. The van der Waals surface area contributed by atoms with Crippen molar-refractivity contribution in [3.05, 3.63) is 17.8 Å². The van der Waals surface area contributed by atoms with Gasteiger partial charge in [0.25, 0.3) is 6.33 Å². The number of rotatable bonds is 1. The van der Waals surface area contributed by atoms with E-state index in [4.69, 9.17) is 0 Å². The van der Waals surface area contributed by atoms with Crippen LogP contribution in [-0.4, -0.2) is 11.2 Å². The molecule has 62 valence electrons. The number of hydrogen-bond acceptors (Lipinski definition) is 3. The van der Waals surface area contributed by atoms with Gasteiger partial charge in [-0.25, -0.2) is 4.57 Å². The Balaban J connectivity index is 2.82. The lowest BCUT2D eigenvalue weighted by atomic mass is 10.4. The fourth-order valence-electron chi connectivity index (χ4n) is 1.16. The molecule has 12 heavy (non-hydrogen) atoms. The smallest absolute Gasteiger partial charge is 0.224 e. The summed E-state index contributed by atoms with van der Waals surface area (Å²) in [5.74, 6) is 0. The second kappa shape index (κ2) is 3.03. The molecule has 0 spiro atoms. The van der Waals surface area contributed by atoms with Crippen molar-refractivity contribution >= 4 is 33.3 Å². The molecule has 2 aromatic heterocycles. The highest BCUT2D eigenvalue weighted by molar-refractivity contribution is 7.98. The van der Waals surface area contributed by atoms with Gasteiger partial charge in [-0.05, 0) is 22.7 Å². The van der Waals surface area contributed by atoms with E-state index in [-0.39, 0.29) is 0 Å². The van der Waals surface area contributed by atoms with Crippen molar-refractivity contribution < 1.29 is 4.57 Å². The molecule has 0 fully saturated rings. The lowest BCUT2D eigenvalue weighted by Gasteiger charge is -1.92. The van der Waals surface area contributed by atoms with Crippen molar-refractivity contribution in [2.75, 3.05) is 6.26 Å². The minimum atomic E-state index is 1.12. The van der Waals surface area contributed by atoms with Crippen molar-refractivity contribution in [1.29, 1.82) is 0 Å². The van der Waals surface area contributed by atoms with Crippen LogP contribution < -0.4 is 4.57 Å². The topological polar surface area (TPSA) is 16.8 Å². The minimum absolute atomic E-state index is 1.12. The van der Waals surface area contributed by atoms with Crippen LogP contribution in [0.1, 0.15) is 0 Å². The van der Waals surface area contributed by atoms with E-state index in [1.165, 1.54) is 10.2 Å². The molecule has 0 atom stereocenters. The molecule has 0 saturated heterocycles. The molecule has 2 nitrogen and oxygen atoms in total.